The van der Waals surface area contributed by atoms with E-state index in [0.717, 1.165) is 23.5 Å². The first-order valence-electron chi connectivity index (χ1n) is 8.83. The predicted octanol–water partition coefficient (Wildman–Crippen LogP) is 3.92. The second kappa shape index (κ2) is 9.01. The summed E-state index contributed by atoms with van der Waals surface area (Å²) in [6.07, 6.45) is -2.05. The van der Waals surface area contributed by atoms with Crippen LogP contribution >= 0.6 is 22.9 Å². The molecule has 0 spiro atoms. The molecule has 1 aromatic carbocycles. The normalized spacial score (nSPS) is 12.3. The fourth-order valence-electron chi connectivity index (χ4n) is 2.69. The van der Waals surface area contributed by atoms with E-state index in [0.29, 0.717) is 5.56 Å². The van der Waals surface area contributed by atoms with Crippen LogP contribution in [-0.2, 0) is 4.79 Å². The summed E-state index contributed by atoms with van der Waals surface area (Å²) in [6.45, 7) is 1.46. The molecule has 3 rings (SSSR count). The molecule has 8 nitrogen and oxygen atoms in total. The van der Waals surface area contributed by atoms with Gasteiger partial charge in [-0.3, -0.25) is 14.6 Å². The molecule has 0 aliphatic rings. The molecule has 0 saturated carbocycles. The number of hydrogen-bond donors (Lipinski definition) is 2. The van der Waals surface area contributed by atoms with Gasteiger partial charge in [-0.15, -0.1) is 13.2 Å². The fraction of sp³-hybridized carbons (Fsp3) is 0.158. The number of alkyl halides is 3. The zero-order chi connectivity index (χ0) is 23.6. The topological polar surface area (TPSA) is 124 Å². The van der Waals surface area contributed by atoms with Crippen LogP contribution < -0.4 is 21.1 Å². The van der Waals surface area contributed by atoms with Crippen molar-refractivity contribution in [2.75, 3.05) is 10.6 Å². The van der Waals surface area contributed by atoms with Crippen molar-refractivity contribution in [1.29, 1.82) is 0 Å². The van der Waals surface area contributed by atoms with Gasteiger partial charge in [-0.05, 0) is 37.3 Å². The number of ketones is 1. The maximum atomic E-state index is 12.8. The molecule has 1 unspecified atom stereocenters. The zero-order valence-corrected chi connectivity index (χ0v) is 17.8. The molecule has 13 heteroatoms. The monoisotopic (exact) mass is 485 g/mol. The fourth-order valence-corrected chi connectivity index (χ4v) is 3.96. The first-order chi connectivity index (χ1) is 15.0. The van der Waals surface area contributed by atoms with Gasteiger partial charge in [0.1, 0.15) is 22.5 Å². The number of hydrogen-bond acceptors (Lipinski definition) is 8. The number of nitrogens with two attached hydrogens (primary N) is 2. The number of thiazole rings is 1. The van der Waals surface area contributed by atoms with Crippen LogP contribution in [-0.4, -0.2) is 34.1 Å². The Morgan fingerprint density at radius 2 is 1.88 bits per heavy atom. The number of amides is 1. The lowest BCUT2D eigenvalue weighted by Crippen LogP contribution is -2.40. The lowest BCUT2D eigenvalue weighted by molar-refractivity contribution is -0.274. The van der Waals surface area contributed by atoms with Crippen molar-refractivity contribution in [2.24, 2.45) is 5.73 Å². The number of anilines is 3. The second-order valence-electron chi connectivity index (χ2n) is 6.39. The number of primary amides is 1. The SMILES string of the molecule is CC(C(N)=O)N(c1ccc(OC(F)(F)F)c(Cl)c1)c1nc(N)c(C(=O)c2ccncc2)s1. The first-order valence-corrected chi connectivity index (χ1v) is 10.0. The van der Waals surface area contributed by atoms with E-state index in [4.69, 9.17) is 23.1 Å². The highest BCUT2D eigenvalue weighted by atomic mass is 35.5. The molecule has 1 amide bonds. The van der Waals surface area contributed by atoms with Crippen molar-refractivity contribution in [3.63, 3.8) is 0 Å². The van der Waals surface area contributed by atoms with Gasteiger partial charge in [0, 0.05) is 23.6 Å². The summed E-state index contributed by atoms with van der Waals surface area (Å²) in [7, 11) is 0. The summed E-state index contributed by atoms with van der Waals surface area (Å²) >= 11 is 6.84. The number of benzene rings is 1. The van der Waals surface area contributed by atoms with Crippen LogP contribution in [0.25, 0.3) is 0 Å². The van der Waals surface area contributed by atoms with Gasteiger partial charge in [0.2, 0.25) is 11.7 Å². The Hall–Kier alpha value is -3.38. The molecule has 0 aliphatic heterocycles. The quantitative estimate of drug-likeness (QED) is 0.486. The largest absolute Gasteiger partial charge is 0.573 e. The maximum Gasteiger partial charge on any atom is 0.573 e. The van der Waals surface area contributed by atoms with Gasteiger partial charge in [0.05, 0.1) is 5.02 Å². The van der Waals surface area contributed by atoms with Crippen LogP contribution in [0.5, 0.6) is 5.75 Å². The number of carbonyl (C=O) groups excluding carboxylic acids is 2. The van der Waals surface area contributed by atoms with Gasteiger partial charge in [-0.25, -0.2) is 4.98 Å². The van der Waals surface area contributed by atoms with Crippen LogP contribution in [0.15, 0.2) is 42.7 Å². The summed E-state index contributed by atoms with van der Waals surface area (Å²) in [5.74, 6) is -1.88. The highest BCUT2D eigenvalue weighted by Gasteiger charge is 2.33. The van der Waals surface area contributed by atoms with Crippen LogP contribution in [0.3, 0.4) is 0 Å². The molecule has 0 radical (unpaired) electrons. The van der Waals surface area contributed by atoms with E-state index in [-0.39, 0.29) is 26.5 Å². The van der Waals surface area contributed by atoms with E-state index in [2.05, 4.69) is 14.7 Å². The van der Waals surface area contributed by atoms with Crippen molar-refractivity contribution in [3.8, 4) is 5.75 Å². The standard InChI is InChI=1S/C19H15ClF3N5O3S/c1-9(17(25)30)28(11-2-3-13(12(20)8-11)31-19(21,22)23)18-27-16(24)15(32-18)14(29)10-4-6-26-7-5-10/h2-9H,24H2,1H3,(H2,25,30). The maximum absolute atomic E-state index is 12.8. The number of nitrogen functional groups attached to an aromatic ring is 1. The highest BCUT2D eigenvalue weighted by Crippen LogP contribution is 2.39. The smallest absolute Gasteiger partial charge is 0.404 e. The Morgan fingerprint density at radius 1 is 1.22 bits per heavy atom. The molecule has 0 bridgehead atoms. The molecule has 168 valence electrons. The summed E-state index contributed by atoms with van der Waals surface area (Å²) in [4.78, 5) is 34.1. The van der Waals surface area contributed by atoms with E-state index in [1.165, 1.54) is 42.4 Å². The van der Waals surface area contributed by atoms with Crippen LogP contribution in [0.2, 0.25) is 5.02 Å². The van der Waals surface area contributed by atoms with E-state index in [9.17, 15) is 22.8 Å². The van der Waals surface area contributed by atoms with E-state index in [1.807, 2.05) is 0 Å². The molecule has 3 aromatic rings. The zero-order valence-electron chi connectivity index (χ0n) is 16.3. The third-order valence-corrected chi connectivity index (χ3v) is 5.58. The van der Waals surface area contributed by atoms with Crippen LogP contribution in [0.1, 0.15) is 22.2 Å². The molecule has 0 saturated heterocycles. The number of carbonyl (C=O) groups is 2. The Balaban J connectivity index is 2.04. The van der Waals surface area contributed by atoms with Crippen molar-refractivity contribution in [3.05, 3.63) is 58.2 Å². The number of rotatable bonds is 7. The molecule has 1 atom stereocenters. The van der Waals surface area contributed by atoms with E-state index < -0.39 is 29.8 Å². The summed E-state index contributed by atoms with van der Waals surface area (Å²) in [5, 5.41) is -0.245. The Morgan fingerprint density at radius 3 is 2.44 bits per heavy atom. The number of ether oxygens (including phenoxy) is 1. The minimum absolute atomic E-state index is 0.0865. The average molecular weight is 486 g/mol. The second-order valence-corrected chi connectivity index (χ2v) is 7.77. The van der Waals surface area contributed by atoms with Crippen LogP contribution in [0.4, 0.5) is 29.8 Å². The summed E-state index contributed by atoms with van der Waals surface area (Å²) in [5.41, 5.74) is 11.9. The van der Waals surface area contributed by atoms with E-state index >= 15 is 0 Å². The highest BCUT2D eigenvalue weighted by molar-refractivity contribution is 7.18. The van der Waals surface area contributed by atoms with E-state index in [1.54, 1.807) is 0 Å². The van der Waals surface area contributed by atoms with Crippen molar-refractivity contribution < 1.29 is 27.5 Å². The lowest BCUT2D eigenvalue weighted by atomic mass is 10.1. The molecule has 2 heterocycles. The Labute approximate surface area is 188 Å². The number of pyridine rings is 1. The number of aromatic nitrogens is 2. The molecule has 2 aromatic heterocycles. The number of halogens is 4. The number of nitrogens with zero attached hydrogens (tertiary/aromatic N) is 3. The summed E-state index contributed by atoms with van der Waals surface area (Å²) < 4.78 is 41.5. The van der Waals surface area contributed by atoms with Crippen molar-refractivity contribution in [1.82, 2.24) is 9.97 Å². The third kappa shape index (κ3) is 5.08. The van der Waals surface area contributed by atoms with Crippen LogP contribution in [0, 0.1) is 0 Å². The third-order valence-electron chi connectivity index (χ3n) is 4.22. The minimum atomic E-state index is -4.93. The van der Waals surface area contributed by atoms with Gasteiger partial charge < -0.3 is 21.1 Å². The molecule has 32 heavy (non-hydrogen) atoms. The molecular weight excluding hydrogens is 471 g/mol. The van der Waals surface area contributed by atoms with Gasteiger partial charge in [0.25, 0.3) is 0 Å². The molecule has 0 fully saturated rings. The van der Waals surface area contributed by atoms with Crippen molar-refractivity contribution in [2.45, 2.75) is 19.3 Å². The first kappa shape index (κ1) is 23.3. The Kier molecular flexibility index (Phi) is 6.55. The van der Waals surface area contributed by atoms with Gasteiger partial charge in [-0.2, -0.15) is 0 Å². The minimum Gasteiger partial charge on any atom is -0.404 e. The molecule has 0 aliphatic carbocycles. The van der Waals surface area contributed by atoms with Gasteiger partial charge in [0.15, 0.2) is 5.13 Å². The molecular formula is C19H15ClF3N5O3S. The predicted molar refractivity (Wildman–Crippen MR) is 113 cm³/mol. The van der Waals surface area contributed by atoms with Crippen molar-refractivity contribution >= 4 is 51.3 Å². The summed E-state index contributed by atoms with van der Waals surface area (Å²) in [6, 6.07) is 5.40. The van der Waals surface area contributed by atoms with Gasteiger partial charge in [-0.1, -0.05) is 22.9 Å². The Bertz CT molecular complexity index is 1160. The molecule has 4 N–H and O–H groups in total. The average Bonchev–Trinajstić information content (AvgIpc) is 3.10. The van der Waals surface area contributed by atoms with Gasteiger partial charge >= 0.3 is 6.36 Å². The lowest BCUT2D eigenvalue weighted by Gasteiger charge is -2.27.